The number of morpholine rings is 1. The Morgan fingerprint density at radius 3 is 2.83 bits per heavy atom. The van der Waals surface area contributed by atoms with Crippen molar-refractivity contribution in [3.63, 3.8) is 0 Å². The maximum absolute atomic E-state index is 12.5. The smallest absolute Gasteiger partial charge is 0.251 e. The molecule has 1 aromatic carbocycles. The highest BCUT2D eigenvalue weighted by Crippen LogP contribution is 2.37. The highest BCUT2D eigenvalue weighted by atomic mass is 16.7. The Balaban J connectivity index is 1.44. The summed E-state index contributed by atoms with van der Waals surface area (Å²) in [4.78, 5) is 20.3. The topological polar surface area (TPSA) is 67.0 Å². The number of hydrogen-bond donors (Lipinski definition) is 1. The van der Waals surface area contributed by atoms with Crippen LogP contribution in [-0.4, -0.2) is 50.7 Å². The Morgan fingerprint density at radius 1 is 1.03 bits per heavy atom. The molecular weight excluding hydrogens is 382 g/mol. The standard InChI is InChI=1S/C23H29N3O4/c27-22-15-19(25-9-11-28-12-10-25)14-21(24-22)26-8-3-1-2-6-18(26)13-17-5-4-7-20-23(17)30-16-29-20/h4-5,7,14-15,18H,1-3,6,8-13,16H2,(H,24,27). The molecule has 2 aromatic rings. The number of aromatic nitrogens is 1. The summed E-state index contributed by atoms with van der Waals surface area (Å²) in [6.07, 6.45) is 5.51. The van der Waals surface area contributed by atoms with E-state index in [0.717, 1.165) is 61.9 Å². The fraction of sp³-hybridized carbons (Fsp3) is 0.522. The van der Waals surface area contributed by atoms with E-state index in [1.54, 1.807) is 6.07 Å². The molecule has 0 bridgehead atoms. The van der Waals surface area contributed by atoms with E-state index in [1.807, 2.05) is 12.1 Å². The Kier molecular flexibility index (Phi) is 5.53. The number of anilines is 2. The second-order valence-electron chi connectivity index (χ2n) is 8.24. The van der Waals surface area contributed by atoms with Crippen molar-refractivity contribution in [2.24, 2.45) is 0 Å². The average Bonchev–Trinajstić information content (AvgIpc) is 3.14. The van der Waals surface area contributed by atoms with Gasteiger partial charge in [0.1, 0.15) is 5.82 Å². The highest BCUT2D eigenvalue weighted by molar-refractivity contribution is 5.56. The van der Waals surface area contributed by atoms with Crippen LogP contribution in [0.2, 0.25) is 0 Å². The number of nitrogens with zero attached hydrogens (tertiary/aromatic N) is 2. The maximum atomic E-state index is 12.5. The summed E-state index contributed by atoms with van der Waals surface area (Å²) < 4.78 is 16.8. The summed E-state index contributed by atoms with van der Waals surface area (Å²) in [7, 11) is 0. The fourth-order valence-corrected chi connectivity index (χ4v) is 4.79. The van der Waals surface area contributed by atoms with Crippen LogP contribution >= 0.6 is 0 Å². The molecule has 0 amide bonds. The molecule has 2 saturated heterocycles. The number of fused-ring (bicyclic) bond motifs is 1. The molecule has 0 spiro atoms. The zero-order valence-corrected chi connectivity index (χ0v) is 17.3. The van der Waals surface area contributed by atoms with E-state index in [0.29, 0.717) is 19.3 Å². The molecule has 160 valence electrons. The third-order valence-corrected chi connectivity index (χ3v) is 6.31. The van der Waals surface area contributed by atoms with Crippen molar-refractivity contribution in [3.8, 4) is 11.5 Å². The van der Waals surface area contributed by atoms with Crippen LogP contribution in [0.25, 0.3) is 0 Å². The quantitative estimate of drug-likeness (QED) is 0.835. The van der Waals surface area contributed by atoms with Crippen molar-refractivity contribution in [2.45, 2.75) is 38.1 Å². The molecule has 1 N–H and O–H groups in total. The van der Waals surface area contributed by atoms with Crippen LogP contribution in [0.1, 0.15) is 31.2 Å². The number of ether oxygens (including phenoxy) is 3. The predicted octanol–water partition coefficient (Wildman–Crippen LogP) is 2.93. The van der Waals surface area contributed by atoms with E-state index < -0.39 is 0 Å². The minimum Gasteiger partial charge on any atom is -0.454 e. The third-order valence-electron chi connectivity index (χ3n) is 6.31. The minimum absolute atomic E-state index is 0.0469. The predicted molar refractivity (Wildman–Crippen MR) is 116 cm³/mol. The van der Waals surface area contributed by atoms with Crippen LogP contribution in [-0.2, 0) is 11.2 Å². The van der Waals surface area contributed by atoms with E-state index in [-0.39, 0.29) is 12.4 Å². The van der Waals surface area contributed by atoms with Crippen LogP contribution in [0.5, 0.6) is 11.5 Å². The lowest BCUT2D eigenvalue weighted by Crippen LogP contribution is -2.39. The van der Waals surface area contributed by atoms with Gasteiger partial charge in [-0.25, -0.2) is 0 Å². The molecule has 2 fully saturated rings. The highest BCUT2D eigenvalue weighted by Gasteiger charge is 2.26. The summed E-state index contributed by atoms with van der Waals surface area (Å²) in [6.45, 7) is 4.28. The average molecular weight is 412 g/mol. The Bertz CT molecular complexity index is 938. The number of rotatable bonds is 4. The van der Waals surface area contributed by atoms with Gasteiger partial charge >= 0.3 is 0 Å². The van der Waals surface area contributed by atoms with Crippen LogP contribution in [0.4, 0.5) is 11.5 Å². The van der Waals surface area contributed by atoms with Gasteiger partial charge in [0.25, 0.3) is 5.56 Å². The number of H-pyrrole nitrogens is 1. The molecular formula is C23H29N3O4. The summed E-state index contributed by atoms with van der Waals surface area (Å²) >= 11 is 0. The maximum Gasteiger partial charge on any atom is 0.251 e. The monoisotopic (exact) mass is 411 g/mol. The number of hydrogen-bond acceptors (Lipinski definition) is 6. The summed E-state index contributed by atoms with van der Waals surface area (Å²) in [5, 5.41) is 0. The number of aromatic amines is 1. The third kappa shape index (κ3) is 3.99. The first-order chi connectivity index (χ1) is 14.8. The van der Waals surface area contributed by atoms with E-state index in [9.17, 15) is 4.79 Å². The zero-order valence-electron chi connectivity index (χ0n) is 17.3. The minimum atomic E-state index is -0.0469. The van der Waals surface area contributed by atoms with Gasteiger partial charge in [0.15, 0.2) is 11.5 Å². The molecule has 1 unspecified atom stereocenters. The van der Waals surface area contributed by atoms with E-state index in [1.165, 1.54) is 18.4 Å². The number of para-hydroxylation sites is 1. The molecule has 4 heterocycles. The van der Waals surface area contributed by atoms with Crippen molar-refractivity contribution >= 4 is 11.5 Å². The molecule has 7 nitrogen and oxygen atoms in total. The Morgan fingerprint density at radius 2 is 1.93 bits per heavy atom. The Labute approximate surface area is 176 Å². The second kappa shape index (κ2) is 8.60. The fourth-order valence-electron chi connectivity index (χ4n) is 4.79. The van der Waals surface area contributed by atoms with Gasteiger partial charge in [-0.2, -0.15) is 0 Å². The molecule has 3 aliphatic heterocycles. The Hall–Kier alpha value is -2.67. The van der Waals surface area contributed by atoms with Crippen molar-refractivity contribution in [2.75, 3.05) is 49.4 Å². The lowest BCUT2D eigenvalue weighted by Gasteiger charge is -2.34. The molecule has 1 atom stereocenters. The van der Waals surface area contributed by atoms with Crippen LogP contribution in [0, 0.1) is 0 Å². The summed E-state index contributed by atoms with van der Waals surface area (Å²) in [5.74, 6) is 2.62. The van der Waals surface area contributed by atoms with Gasteiger partial charge in [-0.1, -0.05) is 25.0 Å². The van der Waals surface area contributed by atoms with Gasteiger partial charge in [0.2, 0.25) is 6.79 Å². The summed E-state index contributed by atoms with van der Waals surface area (Å²) in [5.41, 5.74) is 2.11. The molecule has 1 aromatic heterocycles. The van der Waals surface area contributed by atoms with Crippen LogP contribution in [0.15, 0.2) is 35.1 Å². The first kappa shape index (κ1) is 19.3. The van der Waals surface area contributed by atoms with E-state index in [4.69, 9.17) is 14.2 Å². The molecule has 3 aliphatic rings. The van der Waals surface area contributed by atoms with Crippen molar-refractivity contribution in [1.82, 2.24) is 4.98 Å². The largest absolute Gasteiger partial charge is 0.454 e. The van der Waals surface area contributed by atoms with Gasteiger partial charge in [0.05, 0.1) is 13.2 Å². The van der Waals surface area contributed by atoms with Crippen molar-refractivity contribution in [1.29, 1.82) is 0 Å². The molecule has 5 rings (SSSR count). The molecule has 0 aliphatic carbocycles. The van der Waals surface area contributed by atoms with Crippen LogP contribution < -0.4 is 24.8 Å². The normalized spacial score (nSPS) is 21.5. The van der Waals surface area contributed by atoms with Gasteiger partial charge in [-0.3, -0.25) is 4.79 Å². The second-order valence-corrected chi connectivity index (χ2v) is 8.24. The first-order valence-electron chi connectivity index (χ1n) is 11.0. The van der Waals surface area contributed by atoms with Crippen molar-refractivity contribution in [3.05, 3.63) is 46.2 Å². The molecule has 0 radical (unpaired) electrons. The SMILES string of the molecule is O=c1cc(N2CCOCC2)cc(N2CCCCCC2Cc2cccc3c2OCO3)[nH]1. The van der Waals surface area contributed by atoms with Gasteiger partial charge < -0.3 is 29.0 Å². The van der Waals surface area contributed by atoms with Crippen LogP contribution in [0.3, 0.4) is 0 Å². The number of nitrogens with one attached hydrogen (secondary N) is 1. The van der Waals surface area contributed by atoms with Crippen molar-refractivity contribution < 1.29 is 14.2 Å². The van der Waals surface area contributed by atoms with E-state index in [2.05, 4.69) is 26.9 Å². The molecule has 7 heteroatoms. The van der Waals surface area contributed by atoms with Gasteiger partial charge in [-0.05, 0) is 25.3 Å². The molecule has 30 heavy (non-hydrogen) atoms. The lowest BCUT2D eigenvalue weighted by molar-refractivity contribution is 0.122. The zero-order chi connectivity index (χ0) is 20.3. The van der Waals surface area contributed by atoms with E-state index >= 15 is 0 Å². The molecule has 0 saturated carbocycles. The number of benzene rings is 1. The van der Waals surface area contributed by atoms with Gasteiger partial charge in [-0.15, -0.1) is 0 Å². The lowest BCUT2D eigenvalue weighted by atomic mass is 9.99. The summed E-state index contributed by atoms with van der Waals surface area (Å²) in [6, 6.07) is 10.3. The first-order valence-corrected chi connectivity index (χ1v) is 11.0. The van der Waals surface area contributed by atoms with Gasteiger partial charge in [0, 0.05) is 49.1 Å². The number of pyridine rings is 1.